The standard InChI is InChI=1S/C16H17N3O3/c1-10-7-14(19-22-10)18-16(21)13-8-12(13)15(20)17-9-11-5-3-2-4-6-11/h2-7,12-13H,8-9H2,1H3,(H,17,20)(H,18,19,21). The van der Waals surface area contributed by atoms with E-state index in [1.807, 2.05) is 30.3 Å². The molecule has 0 radical (unpaired) electrons. The van der Waals surface area contributed by atoms with Crippen LogP contribution in [0.25, 0.3) is 0 Å². The van der Waals surface area contributed by atoms with Crippen molar-refractivity contribution in [3.05, 3.63) is 47.7 Å². The number of hydrogen-bond acceptors (Lipinski definition) is 4. The van der Waals surface area contributed by atoms with Crippen LogP contribution in [0.15, 0.2) is 40.9 Å². The average molecular weight is 299 g/mol. The highest BCUT2D eigenvalue weighted by atomic mass is 16.5. The molecule has 1 aliphatic rings. The monoisotopic (exact) mass is 299 g/mol. The molecular weight excluding hydrogens is 282 g/mol. The lowest BCUT2D eigenvalue weighted by Crippen LogP contribution is -2.27. The van der Waals surface area contributed by atoms with E-state index in [9.17, 15) is 9.59 Å². The molecule has 1 aromatic heterocycles. The minimum Gasteiger partial charge on any atom is -0.360 e. The van der Waals surface area contributed by atoms with E-state index in [4.69, 9.17) is 4.52 Å². The topological polar surface area (TPSA) is 84.2 Å². The van der Waals surface area contributed by atoms with Gasteiger partial charge in [0.2, 0.25) is 11.8 Å². The Kier molecular flexibility index (Phi) is 3.91. The van der Waals surface area contributed by atoms with E-state index >= 15 is 0 Å². The predicted octanol–water partition coefficient (Wildman–Crippen LogP) is 1.87. The average Bonchev–Trinajstić information content (AvgIpc) is 3.23. The Morgan fingerprint density at radius 1 is 1.23 bits per heavy atom. The van der Waals surface area contributed by atoms with Crippen LogP contribution in [-0.4, -0.2) is 17.0 Å². The van der Waals surface area contributed by atoms with Crippen LogP contribution < -0.4 is 10.6 Å². The van der Waals surface area contributed by atoms with E-state index in [1.165, 1.54) is 0 Å². The molecule has 2 atom stereocenters. The highest BCUT2D eigenvalue weighted by Gasteiger charge is 2.48. The van der Waals surface area contributed by atoms with Gasteiger partial charge in [0.15, 0.2) is 5.82 Å². The third-order valence-corrected chi connectivity index (χ3v) is 3.65. The SMILES string of the molecule is Cc1cc(NC(=O)C2CC2C(=O)NCc2ccccc2)no1. The van der Waals surface area contributed by atoms with Gasteiger partial charge in [-0.25, -0.2) is 0 Å². The molecule has 0 bridgehead atoms. The van der Waals surface area contributed by atoms with Gasteiger partial charge in [-0.2, -0.15) is 0 Å². The number of nitrogens with zero attached hydrogens (tertiary/aromatic N) is 1. The van der Waals surface area contributed by atoms with Crippen LogP contribution >= 0.6 is 0 Å². The van der Waals surface area contributed by atoms with Gasteiger partial charge >= 0.3 is 0 Å². The highest BCUT2D eigenvalue weighted by Crippen LogP contribution is 2.39. The number of benzene rings is 1. The molecule has 2 amide bonds. The van der Waals surface area contributed by atoms with Gasteiger partial charge in [-0.15, -0.1) is 0 Å². The predicted molar refractivity (Wildman–Crippen MR) is 79.8 cm³/mol. The van der Waals surface area contributed by atoms with Crippen molar-refractivity contribution in [2.24, 2.45) is 11.8 Å². The summed E-state index contributed by atoms with van der Waals surface area (Å²) in [4.78, 5) is 24.0. The number of rotatable bonds is 5. The molecule has 114 valence electrons. The first kappa shape index (κ1) is 14.3. The smallest absolute Gasteiger partial charge is 0.229 e. The van der Waals surface area contributed by atoms with Crippen molar-refractivity contribution < 1.29 is 14.1 Å². The molecule has 2 aromatic rings. The normalized spacial score (nSPS) is 19.5. The molecule has 0 saturated heterocycles. The molecule has 1 fully saturated rings. The van der Waals surface area contributed by atoms with Crippen LogP contribution in [0.5, 0.6) is 0 Å². The van der Waals surface area contributed by atoms with Gasteiger partial charge in [-0.05, 0) is 18.9 Å². The Bertz CT molecular complexity index is 681. The van der Waals surface area contributed by atoms with Crippen molar-refractivity contribution in [3.63, 3.8) is 0 Å². The number of amides is 2. The zero-order valence-electron chi connectivity index (χ0n) is 12.2. The molecule has 1 saturated carbocycles. The van der Waals surface area contributed by atoms with Crippen molar-refractivity contribution in [1.29, 1.82) is 0 Å². The molecule has 22 heavy (non-hydrogen) atoms. The number of hydrogen-bond donors (Lipinski definition) is 2. The fourth-order valence-corrected chi connectivity index (χ4v) is 2.33. The van der Waals surface area contributed by atoms with Crippen molar-refractivity contribution >= 4 is 17.6 Å². The number of aromatic nitrogens is 1. The van der Waals surface area contributed by atoms with Crippen molar-refractivity contribution in [2.75, 3.05) is 5.32 Å². The maximum absolute atomic E-state index is 12.0. The molecule has 2 N–H and O–H groups in total. The summed E-state index contributed by atoms with van der Waals surface area (Å²) in [7, 11) is 0. The van der Waals surface area contributed by atoms with Crippen molar-refractivity contribution in [3.8, 4) is 0 Å². The number of carbonyl (C=O) groups is 2. The van der Waals surface area contributed by atoms with E-state index < -0.39 is 0 Å². The molecule has 1 aromatic carbocycles. The Morgan fingerprint density at radius 2 is 1.95 bits per heavy atom. The van der Waals surface area contributed by atoms with E-state index in [1.54, 1.807) is 13.0 Å². The summed E-state index contributed by atoms with van der Waals surface area (Å²) in [6.07, 6.45) is 0.573. The number of anilines is 1. The van der Waals surface area contributed by atoms with E-state index in [-0.39, 0.29) is 23.7 Å². The zero-order chi connectivity index (χ0) is 15.5. The van der Waals surface area contributed by atoms with Gasteiger partial charge in [0, 0.05) is 12.6 Å². The minimum atomic E-state index is -0.284. The van der Waals surface area contributed by atoms with Crippen LogP contribution in [0.4, 0.5) is 5.82 Å². The molecule has 0 spiro atoms. The third-order valence-electron chi connectivity index (χ3n) is 3.65. The summed E-state index contributed by atoms with van der Waals surface area (Å²) in [5.74, 6) is 0.207. The van der Waals surface area contributed by atoms with Crippen LogP contribution in [0.1, 0.15) is 17.7 Å². The lowest BCUT2D eigenvalue weighted by Gasteiger charge is -2.05. The van der Waals surface area contributed by atoms with Gasteiger partial charge in [0.05, 0.1) is 11.8 Å². The largest absolute Gasteiger partial charge is 0.360 e. The zero-order valence-corrected chi connectivity index (χ0v) is 12.2. The van der Waals surface area contributed by atoms with E-state index in [0.29, 0.717) is 24.5 Å². The Morgan fingerprint density at radius 3 is 2.64 bits per heavy atom. The second-order valence-corrected chi connectivity index (χ2v) is 5.46. The van der Waals surface area contributed by atoms with Gasteiger partial charge in [-0.1, -0.05) is 35.5 Å². The molecule has 1 heterocycles. The summed E-state index contributed by atoms with van der Waals surface area (Å²) in [6.45, 7) is 2.23. The van der Waals surface area contributed by atoms with Gasteiger partial charge in [0.1, 0.15) is 5.76 Å². The fraction of sp³-hybridized carbons (Fsp3) is 0.312. The lowest BCUT2D eigenvalue weighted by atomic mass is 10.2. The van der Waals surface area contributed by atoms with Crippen molar-refractivity contribution in [1.82, 2.24) is 10.5 Å². The second-order valence-electron chi connectivity index (χ2n) is 5.46. The first-order valence-electron chi connectivity index (χ1n) is 7.19. The molecule has 1 aliphatic carbocycles. The first-order valence-corrected chi connectivity index (χ1v) is 7.19. The summed E-state index contributed by atoms with van der Waals surface area (Å²) >= 11 is 0. The van der Waals surface area contributed by atoms with E-state index in [0.717, 1.165) is 5.56 Å². The number of carbonyl (C=O) groups excluding carboxylic acids is 2. The maximum Gasteiger partial charge on any atom is 0.229 e. The molecule has 6 nitrogen and oxygen atoms in total. The molecule has 2 unspecified atom stereocenters. The van der Waals surface area contributed by atoms with Gasteiger partial charge in [0.25, 0.3) is 0 Å². The first-order chi connectivity index (χ1) is 10.6. The van der Waals surface area contributed by atoms with Crippen LogP contribution in [0.2, 0.25) is 0 Å². The van der Waals surface area contributed by atoms with Crippen LogP contribution in [0, 0.1) is 18.8 Å². The summed E-state index contributed by atoms with van der Waals surface area (Å²) in [5.41, 5.74) is 1.04. The minimum absolute atomic E-state index is 0.0830. The Labute approximate surface area is 127 Å². The number of nitrogens with one attached hydrogen (secondary N) is 2. The molecule has 6 heteroatoms. The quantitative estimate of drug-likeness (QED) is 0.882. The second kappa shape index (κ2) is 6.01. The molecule has 3 rings (SSSR count). The molecule has 0 aliphatic heterocycles. The number of aryl methyl sites for hydroxylation is 1. The van der Waals surface area contributed by atoms with Gasteiger partial charge in [-0.3, -0.25) is 9.59 Å². The van der Waals surface area contributed by atoms with E-state index in [2.05, 4.69) is 15.8 Å². The summed E-state index contributed by atoms with van der Waals surface area (Å²) in [6, 6.07) is 11.3. The van der Waals surface area contributed by atoms with Gasteiger partial charge < -0.3 is 15.2 Å². The third kappa shape index (κ3) is 3.33. The summed E-state index contributed by atoms with van der Waals surface area (Å²) in [5, 5.41) is 9.22. The highest BCUT2D eigenvalue weighted by molar-refractivity contribution is 5.99. The van der Waals surface area contributed by atoms with Crippen molar-refractivity contribution in [2.45, 2.75) is 19.9 Å². The Balaban J connectivity index is 1.47. The van der Waals surface area contributed by atoms with Crippen LogP contribution in [-0.2, 0) is 16.1 Å². The summed E-state index contributed by atoms with van der Waals surface area (Å²) < 4.78 is 4.88. The maximum atomic E-state index is 12.0. The molecular formula is C16H17N3O3. The fourth-order valence-electron chi connectivity index (χ4n) is 2.33. The lowest BCUT2D eigenvalue weighted by molar-refractivity contribution is -0.125. The van der Waals surface area contributed by atoms with Crippen LogP contribution in [0.3, 0.4) is 0 Å². The Hall–Kier alpha value is -2.63.